The zero-order valence-corrected chi connectivity index (χ0v) is 15.8. The fourth-order valence-corrected chi connectivity index (χ4v) is 2.64. The van der Waals surface area contributed by atoms with E-state index in [0.717, 1.165) is 41.7 Å². The molecule has 0 fully saturated rings. The van der Waals surface area contributed by atoms with Crippen LogP contribution in [0.15, 0.2) is 47.6 Å². The van der Waals surface area contributed by atoms with E-state index in [2.05, 4.69) is 43.2 Å². The zero-order valence-electron chi connectivity index (χ0n) is 15.8. The van der Waals surface area contributed by atoms with Gasteiger partial charge in [0.2, 0.25) is 5.82 Å². The molecule has 1 aromatic carbocycles. The lowest BCUT2D eigenvalue weighted by atomic mass is 10.1. The standard InChI is InChI=1S/C21H23N7/c1-15-7-9-18-17(14-15)20(25-12-4-5-13-26-21(22)23)28-19(27-18)10-8-16-6-2-3-11-24-16/h2-3,6-7,9,11,14H,4-5,12-13H2,1H3,(H4,22,23,26)(H,25,27,28). The zero-order chi connectivity index (χ0) is 19.8. The predicted octanol–water partition coefficient (Wildman–Crippen LogP) is 2.20. The van der Waals surface area contributed by atoms with Crippen LogP contribution in [0, 0.1) is 18.8 Å². The van der Waals surface area contributed by atoms with Crippen molar-refractivity contribution in [2.24, 2.45) is 16.5 Å². The van der Waals surface area contributed by atoms with Crippen LogP contribution >= 0.6 is 0 Å². The number of hydrogen-bond acceptors (Lipinski definition) is 5. The minimum Gasteiger partial charge on any atom is -0.370 e. The minimum atomic E-state index is 0.126. The highest BCUT2D eigenvalue weighted by atomic mass is 15.0. The minimum absolute atomic E-state index is 0.126. The number of benzene rings is 1. The number of nitrogens with two attached hydrogens (primary N) is 2. The van der Waals surface area contributed by atoms with Crippen molar-refractivity contribution in [2.45, 2.75) is 19.8 Å². The van der Waals surface area contributed by atoms with Gasteiger partial charge >= 0.3 is 0 Å². The molecule has 0 atom stereocenters. The highest BCUT2D eigenvalue weighted by Crippen LogP contribution is 2.21. The summed E-state index contributed by atoms with van der Waals surface area (Å²) in [6.45, 7) is 3.43. The first-order chi connectivity index (χ1) is 13.6. The number of nitrogens with zero attached hydrogens (tertiary/aromatic N) is 4. The number of unbranched alkanes of at least 4 members (excludes halogenated alkanes) is 1. The van der Waals surface area contributed by atoms with Crippen molar-refractivity contribution < 1.29 is 0 Å². The SMILES string of the molecule is Cc1ccc2nc(C#Cc3ccccn3)nc(NCCCCN=C(N)N)c2c1. The number of pyridine rings is 1. The molecule has 0 saturated carbocycles. The molecule has 142 valence electrons. The molecule has 28 heavy (non-hydrogen) atoms. The van der Waals surface area contributed by atoms with Crippen molar-refractivity contribution in [3.63, 3.8) is 0 Å². The van der Waals surface area contributed by atoms with Gasteiger partial charge in [0.25, 0.3) is 0 Å². The van der Waals surface area contributed by atoms with Crippen molar-refractivity contribution in [3.8, 4) is 11.8 Å². The third-order valence-electron chi connectivity index (χ3n) is 3.99. The summed E-state index contributed by atoms with van der Waals surface area (Å²) < 4.78 is 0. The highest BCUT2D eigenvalue weighted by molar-refractivity contribution is 5.89. The lowest BCUT2D eigenvalue weighted by Crippen LogP contribution is -2.23. The van der Waals surface area contributed by atoms with E-state index in [1.807, 2.05) is 37.3 Å². The molecule has 3 rings (SSSR count). The van der Waals surface area contributed by atoms with Crippen LogP contribution in [-0.4, -0.2) is 34.0 Å². The molecule has 2 aromatic heterocycles. The third kappa shape index (κ3) is 5.42. The maximum absolute atomic E-state index is 5.34. The van der Waals surface area contributed by atoms with E-state index in [9.17, 15) is 0 Å². The maximum atomic E-state index is 5.34. The Hall–Kier alpha value is -3.66. The Kier molecular flexibility index (Phi) is 6.37. The molecule has 3 aromatic rings. The summed E-state index contributed by atoms with van der Waals surface area (Å²) in [6, 6.07) is 11.7. The molecule has 0 spiro atoms. The third-order valence-corrected chi connectivity index (χ3v) is 3.99. The maximum Gasteiger partial charge on any atom is 0.207 e. The first kappa shape index (κ1) is 19.1. The molecular weight excluding hydrogens is 350 g/mol. The van der Waals surface area contributed by atoms with E-state index in [1.54, 1.807) is 6.20 Å². The number of fused-ring (bicyclic) bond motifs is 1. The van der Waals surface area contributed by atoms with E-state index < -0.39 is 0 Å². The fraction of sp³-hybridized carbons (Fsp3) is 0.238. The van der Waals surface area contributed by atoms with Gasteiger partial charge in [-0.2, -0.15) is 0 Å². The molecule has 0 unspecified atom stereocenters. The number of hydrogen-bond donors (Lipinski definition) is 3. The molecule has 0 bridgehead atoms. The van der Waals surface area contributed by atoms with Gasteiger partial charge in [0, 0.05) is 24.7 Å². The average molecular weight is 373 g/mol. The van der Waals surface area contributed by atoms with Crippen LogP contribution in [-0.2, 0) is 0 Å². The monoisotopic (exact) mass is 373 g/mol. The molecular formula is C21H23N7. The van der Waals surface area contributed by atoms with Crippen molar-refractivity contribution in [1.29, 1.82) is 0 Å². The predicted molar refractivity (Wildman–Crippen MR) is 113 cm³/mol. The van der Waals surface area contributed by atoms with E-state index in [-0.39, 0.29) is 5.96 Å². The van der Waals surface area contributed by atoms with E-state index in [0.29, 0.717) is 18.1 Å². The van der Waals surface area contributed by atoms with Crippen molar-refractivity contribution in [3.05, 3.63) is 59.7 Å². The van der Waals surface area contributed by atoms with Crippen molar-refractivity contribution in [1.82, 2.24) is 15.0 Å². The summed E-state index contributed by atoms with van der Waals surface area (Å²) in [6.07, 6.45) is 3.52. The number of aryl methyl sites for hydroxylation is 1. The Balaban J connectivity index is 1.80. The largest absolute Gasteiger partial charge is 0.370 e. The van der Waals surface area contributed by atoms with Crippen molar-refractivity contribution in [2.75, 3.05) is 18.4 Å². The van der Waals surface area contributed by atoms with Gasteiger partial charge < -0.3 is 16.8 Å². The van der Waals surface area contributed by atoms with Gasteiger partial charge in [0.05, 0.1) is 5.52 Å². The van der Waals surface area contributed by atoms with E-state index >= 15 is 0 Å². The molecule has 0 radical (unpaired) electrons. The Morgan fingerprint density at radius 2 is 2.00 bits per heavy atom. The molecule has 7 nitrogen and oxygen atoms in total. The van der Waals surface area contributed by atoms with Crippen LogP contribution in [0.4, 0.5) is 5.82 Å². The normalized spacial score (nSPS) is 10.2. The molecule has 2 heterocycles. The second-order valence-electron chi connectivity index (χ2n) is 6.32. The van der Waals surface area contributed by atoms with Crippen LogP contribution < -0.4 is 16.8 Å². The van der Waals surface area contributed by atoms with Gasteiger partial charge in [0.15, 0.2) is 5.96 Å². The van der Waals surface area contributed by atoms with Gasteiger partial charge in [-0.25, -0.2) is 15.0 Å². The van der Waals surface area contributed by atoms with Crippen LogP contribution in [0.5, 0.6) is 0 Å². The number of anilines is 1. The first-order valence-electron chi connectivity index (χ1n) is 9.12. The molecule has 7 heteroatoms. The Bertz CT molecular complexity index is 1030. The van der Waals surface area contributed by atoms with Crippen LogP contribution in [0.1, 0.15) is 29.9 Å². The van der Waals surface area contributed by atoms with Gasteiger partial charge in [0.1, 0.15) is 11.5 Å². The van der Waals surface area contributed by atoms with Crippen LogP contribution in [0.2, 0.25) is 0 Å². The summed E-state index contributed by atoms with van der Waals surface area (Å²) in [7, 11) is 0. The Labute approximate surface area is 164 Å². The summed E-state index contributed by atoms with van der Waals surface area (Å²) in [5, 5.41) is 4.38. The Morgan fingerprint density at radius 3 is 2.79 bits per heavy atom. The molecule has 0 aliphatic heterocycles. The summed E-state index contributed by atoms with van der Waals surface area (Å²) in [5.41, 5.74) is 13.4. The number of guanidine groups is 1. The van der Waals surface area contributed by atoms with Crippen molar-refractivity contribution >= 4 is 22.7 Å². The number of aliphatic imine (C=N–C) groups is 1. The van der Waals surface area contributed by atoms with Gasteiger partial charge in [-0.3, -0.25) is 4.99 Å². The smallest absolute Gasteiger partial charge is 0.207 e. The quantitative estimate of drug-likeness (QED) is 0.264. The second kappa shape index (κ2) is 9.33. The molecule has 0 amide bonds. The number of aromatic nitrogens is 3. The summed E-state index contributed by atoms with van der Waals surface area (Å²) >= 11 is 0. The molecule has 0 aliphatic rings. The van der Waals surface area contributed by atoms with E-state index in [4.69, 9.17) is 11.5 Å². The molecule has 0 saturated heterocycles. The van der Waals surface area contributed by atoms with E-state index in [1.165, 1.54) is 0 Å². The Morgan fingerprint density at radius 1 is 1.11 bits per heavy atom. The number of rotatable bonds is 6. The van der Waals surface area contributed by atoms with Crippen LogP contribution in [0.3, 0.4) is 0 Å². The number of nitrogens with one attached hydrogen (secondary N) is 1. The average Bonchev–Trinajstić information content (AvgIpc) is 2.69. The highest BCUT2D eigenvalue weighted by Gasteiger charge is 2.07. The lowest BCUT2D eigenvalue weighted by molar-refractivity contribution is 0.772. The molecule has 0 aliphatic carbocycles. The topological polar surface area (TPSA) is 115 Å². The second-order valence-corrected chi connectivity index (χ2v) is 6.32. The van der Waals surface area contributed by atoms with Gasteiger partial charge in [-0.05, 0) is 55.9 Å². The van der Waals surface area contributed by atoms with Crippen LogP contribution in [0.25, 0.3) is 10.9 Å². The lowest BCUT2D eigenvalue weighted by Gasteiger charge is -2.09. The molecule has 5 N–H and O–H groups in total. The fourth-order valence-electron chi connectivity index (χ4n) is 2.64. The summed E-state index contributed by atoms with van der Waals surface area (Å²) in [4.78, 5) is 17.4. The van der Waals surface area contributed by atoms with Gasteiger partial charge in [-0.1, -0.05) is 17.7 Å². The van der Waals surface area contributed by atoms with Gasteiger partial charge in [-0.15, -0.1) is 0 Å². The first-order valence-corrected chi connectivity index (χ1v) is 9.12. The summed E-state index contributed by atoms with van der Waals surface area (Å²) in [5.74, 6) is 7.39.